The van der Waals surface area contributed by atoms with E-state index < -0.39 is 11.9 Å². The first-order valence-electron chi connectivity index (χ1n) is 12.6. The molecule has 0 radical (unpaired) electrons. The molecular weight excluding hydrogens is 506 g/mol. The number of para-hydroxylation sites is 1. The van der Waals surface area contributed by atoms with Crippen LogP contribution >= 0.6 is 0 Å². The molecule has 1 unspecified atom stereocenters. The molecule has 4 aromatic heterocycles. The van der Waals surface area contributed by atoms with Crippen LogP contribution in [0.4, 0.5) is 5.82 Å². The number of carbonyl (C=O) groups is 1. The van der Waals surface area contributed by atoms with Crippen molar-refractivity contribution in [2.24, 2.45) is 7.05 Å². The molecule has 4 heterocycles. The number of anilines is 1. The molecule has 0 spiro atoms. The molecule has 0 aliphatic carbocycles. The maximum absolute atomic E-state index is 14.1. The van der Waals surface area contributed by atoms with Crippen LogP contribution in [-0.2, 0) is 7.05 Å². The Labute approximate surface area is 228 Å². The summed E-state index contributed by atoms with van der Waals surface area (Å²) in [6.45, 7) is 1.77. The van der Waals surface area contributed by atoms with Gasteiger partial charge in [0.05, 0.1) is 28.3 Å². The van der Waals surface area contributed by atoms with Crippen LogP contribution in [0, 0.1) is 0 Å². The number of benzene rings is 2. The van der Waals surface area contributed by atoms with E-state index in [1.54, 1.807) is 36.1 Å². The van der Waals surface area contributed by atoms with Crippen LogP contribution in [0.15, 0.2) is 84.0 Å². The van der Waals surface area contributed by atoms with Gasteiger partial charge in [0, 0.05) is 25.6 Å². The van der Waals surface area contributed by atoms with E-state index in [1.165, 1.54) is 9.08 Å². The molecular formula is C29H25N9O2. The molecule has 6 rings (SSSR count). The number of fused-ring (bicyclic) bond motifs is 2. The summed E-state index contributed by atoms with van der Waals surface area (Å²) in [5.74, 6) is -0.0507. The van der Waals surface area contributed by atoms with Crippen LogP contribution < -0.4 is 16.6 Å². The molecule has 1 atom stereocenters. The van der Waals surface area contributed by atoms with E-state index >= 15 is 0 Å². The second kappa shape index (κ2) is 9.95. The zero-order valence-corrected chi connectivity index (χ0v) is 21.8. The third-order valence-corrected chi connectivity index (χ3v) is 6.52. The summed E-state index contributed by atoms with van der Waals surface area (Å²) < 4.78 is 4.69. The van der Waals surface area contributed by atoms with Crippen LogP contribution in [0.1, 0.15) is 40.4 Å². The van der Waals surface area contributed by atoms with Gasteiger partial charge in [-0.15, -0.1) is 5.10 Å². The Hall–Kier alpha value is -5.58. The molecule has 198 valence electrons. The first-order valence-corrected chi connectivity index (χ1v) is 12.6. The highest BCUT2D eigenvalue weighted by Gasteiger charge is 2.24. The number of aryl methyl sites for hydroxylation is 1. The number of amides is 1. The number of nitrogens with one attached hydrogen (secondary N) is 1. The number of rotatable bonds is 6. The van der Waals surface area contributed by atoms with Crippen molar-refractivity contribution in [2.75, 3.05) is 5.73 Å². The Kier molecular flexibility index (Phi) is 6.15. The van der Waals surface area contributed by atoms with Gasteiger partial charge in [-0.3, -0.25) is 18.8 Å². The Morgan fingerprint density at radius 1 is 1.00 bits per heavy atom. The number of nitrogens with zero attached hydrogens (tertiary/aromatic N) is 7. The number of carbonyl (C=O) groups excluding carboxylic acids is 1. The molecule has 1 amide bonds. The summed E-state index contributed by atoms with van der Waals surface area (Å²) in [5.41, 5.74) is 8.90. The van der Waals surface area contributed by atoms with Gasteiger partial charge < -0.3 is 11.1 Å². The van der Waals surface area contributed by atoms with Gasteiger partial charge in [0.1, 0.15) is 11.4 Å². The quantitative estimate of drug-likeness (QED) is 0.336. The van der Waals surface area contributed by atoms with E-state index in [9.17, 15) is 9.59 Å². The summed E-state index contributed by atoms with van der Waals surface area (Å²) in [6.07, 6.45) is 8.79. The van der Waals surface area contributed by atoms with Crippen LogP contribution in [0.3, 0.4) is 0 Å². The predicted molar refractivity (Wildman–Crippen MR) is 153 cm³/mol. The Bertz CT molecular complexity index is 1970. The van der Waals surface area contributed by atoms with Crippen molar-refractivity contribution < 1.29 is 4.79 Å². The molecule has 0 saturated heterocycles. The molecule has 0 fully saturated rings. The van der Waals surface area contributed by atoms with Crippen LogP contribution in [0.25, 0.3) is 34.4 Å². The zero-order valence-electron chi connectivity index (χ0n) is 21.8. The van der Waals surface area contributed by atoms with Crippen molar-refractivity contribution in [1.29, 1.82) is 0 Å². The maximum atomic E-state index is 14.1. The van der Waals surface area contributed by atoms with Gasteiger partial charge in [-0.2, -0.15) is 5.10 Å². The molecule has 3 N–H and O–H groups in total. The monoisotopic (exact) mass is 531 g/mol. The van der Waals surface area contributed by atoms with Crippen LogP contribution in [-0.4, -0.2) is 39.8 Å². The van der Waals surface area contributed by atoms with E-state index in [4.69, 9.17) is 10.7 Å². The van der Waals surface area contributed by atoms with Gasteiger partial charge in [-0.25, -0.2) is 14.5 Å². The number of hydrogen-bond donors (Lipinski definition) is 2. The Morgan fingerprint density at radius 3 is 2.60 bits per heavy atom. The standard InChI is InChI=1S/C29H25N9O2/c1-18(32-28(39)24-25(30)35-37-16-7-15-31-27(24)37)26-33-22-11-6-8-19(12-13-20-14-17-36(2)34-20)23(22)29(40)38(26)21-9-4-3-5-10-21/h3-18H,1-2H3,(H2,30,35)(H,32,39). The maximum Gasteiger partial charge on any atom is 0.266 e. The van der Waals surface area contributed by atoms with E-state index in [2.05, 4.69) is 20.5 Å². The second-order valence-electron chi connectivity index (χ2n) is 9.28. The van der Waals surface area contributed by atoms with Gasteiger partial charge in [0.25, 0.3) is 11.5 Å². The van der Waals surface area contributed by atoms with Crippen molar-refractivity contribution in [2.45, 2.75) is 13.0 Å². The van der Waals surface area contributed by atoms with E-state index in [0.717, 1.165) is 5.69 Å². The summed E-state index contributed by atoms with van der Waals surface area (Å²) in [6, 6.07) is 17.6. The summed E-state index contributed by atoms with van der Waals surface area (Å²) in [5, 5.41) is 11.9. The number of aromatic nitrogens is 7. The number of nitrogens with two attached hydrogens (primary N) is 1. The minimum Gasteiger partial charge on any atom is -0.381 e. The molecule has 2 aromatic carbocycles. The lowest BCUT2D eigenvalue weighted by Gasteiger charge is -2.20. The lowest BCUT2D eigenvalue weighted by molar-refractivity contribution is 0.0940. The van der Waals surface area contributed by atoms with Gasteiger partial charge in [0.2, 0.25) is 0 Å². The van der Waals surface area contributed by atoms with Crippen molar-refractivity contribution in [3.8, 4) is 5.69 Å². The number of nitrogen functional groups attached to an aromatic ring is 1. The first kappa shape index (κ1) is 24.7. The Balaban J connectivity index is 1.46. The van der Waals surface area contributed by atoms with Gasteiger partial charge in [-0.05, 0) is 48.9 Å². The van der Waals surface area contributed by atoms with E-state index in [1.807, 2.05) is 73.9 Å². The second-order valence-corrected chi connectivity index (χ2v) is 9.28. The molecule has 11 nitrogen and oxygen atoms in total. The van der Waals surface area contributed by atoms with Crippen molar-refractivity contribution in [3.05, 3.63) is 112 Å². The van der Waals surface area contributed by atoms with Gasteiger partial charge >= 0.3 is 0 Å². The average Bonchev–Trinajstić information content (AvgIpc) is 3.53. The minimum atomic E-state index is -0.671. The van der Waals surface area contributed by atoms with Crippen molar-refractivity contribution in [1.82, 2.24) is 39.2 Å². The third kappa shape index (κ3) is 4.39. The van der Waals surface area contributed by atoms with Gasteiger partial charge in [-0.1, -0.05) is 36.4 Å². The highest BCUT2D eigenvalue weighted by Crippen LogP contribution is 2.23. The van der Waals surface area contributed by atoms with E-state index in [-0.39, 0.29) is 16.9 Å². The Morgan fingerprint density at radius 2 is 1.82 bits per heavy atom. The largest absolute Gasteiger partial charge is 0.381 e. The van der Waals surface area contributed by atoms with Crippen molar-refractivity contribution >= 4 is 40.4 Å². The third-order valence-electron chi connectivity index (χ3n) is 6.52. The highest BCUT2D eigenvalue weighted by molar-refractivity contribution is 6.04. The molecule has 0 bridgehead atoms. The van der Waals surface area contributed by atoms with Crippen molar-refractivity contribution in [3.63, 3.8) is 0 Å². The summed E-state index contributed by atoms with van der Waals surface area (Å²) in [7, 11) is 1.85. The normalized spacial score (nSPS) is 12.3. The van der Waals surface area contributed by atoms with Gasteiger partial charge in [0.15, 0.2) is 11.5 Å². The molecule has 40 heavy (non-hydrogen) atoms. The minimum absolute atomic E-state index is 0.0552. The van der Waals surface area contributed by atoms with E-state index in [0.29, 0.717) is 33.6 Å². The average molecular weight is 532 g/mol. The molecule has 0 aliphatic rings. The number of hydrogen-bond acceptors (Lipinski definition) is 7. The first-order chi connectivity index (χ1) is 19.4. The summed E-state index contributed by atoms with van der Waals surface area (Å²) in [4.78, 5) is 36.7. The van der Waals surface area contributed by atoms with Crippen LogP contribution in [0.5, 0.6) is 0 Å². The molecule has 6 aromatic rings. The SMILES string of the molecule is CC(NC(=O)c1c(N)nn2cccnc12)c1nc2cccc(C=Cc3ccn(C)n3)c2c(=O)n1-c1ccccc1. The predicted octanol–water partition coefficient (Wildman–Crippen LogP) is 3.41. The lowest BCUT2D eigenvalue weighted by Crippen LogP contribution is -2.33. The molecule has 11 heteroatoms. The topological polar surface area (TPSA) is 138 Å². The van der Waals surface area contributed by atoms with Crippen LogP contribution in [0.2, 0.25) is 0 Å². The molecule has 0 saturated carbocycles. The molecule has 0 aliphatic heterocycles. The fourth-order valence-electron chi connectivity index (χ4n) is 4.68. The fourth-order valence-corrected chi connectivity index (χ4v) is 4.68. The highest BCUT2D eigenvalue weighted by atomic mass is 16.2. The lowest BCUT2D eigenvalue weighted by atomic mass is 10.1. The smallest absolute Gasteiger partial charge is 0.266 e. The summed E-state index contributed by atoms with van der Waals surface area (Å²) >= 11 is 0. The zero-order chi connectivity index (χ0) is 27.8. The fraction of sp³-hybridized carbons (Fsp3) is 0.103.